The lowest BCUT2D eigenvalue weighted by Crippen LogP contribution is -2.53. The predicted molar refractivity (Wildman–Crippen MR) is 78.7 cm³/mol. The zero-order chi connectivity index (χ0) is 15.6. The minimum atomic E-state index is -0.700. The molecule has 2 rings (SSSR count). The van der Waals surface area contributed by atoms with Crippen LogP contribution in [0.3, 0.4) is 0 Å². The van der Waals surface area contributed by atoms with Crippen LogP contribution in [0.5, 0.6) is 5.75 Å². The molecule has 0 spiro atoms. The number of thiocarbonyl (C=S) groups is 1. The van der Waals surface area contributed by atoms with Crippen LogP contribution in [0.15, 0.2) is 36.4 Å². The lowest BCUT2D eigenvalue weighted by atomic mass is 10.1. The SMILES string of the molecule is C=CCN1C(=O)/C(=C/c2cc(F)ccc2O)C(=O)NC1=S. The van der Waals surface area contributed by atoms with Crippen LogP contribution < -0.4 is 5.32 Å². The number of carbonyl (C=O) groups is 2. The lowest BCUT2D eigenvalue weighted by molar-refractivity contribution is -0.128. The van der Waals surface area contributed by atoms with Gasteiger partial charge in [-0.1, -0.05) is 6.08 Å². The van der Waals surface area contributed by atoms with E-state index in [1.54, 1.807) is 0 Å². The first-order valence-corrected chi connectivity index (χ1v) is 6.33. The summed E-state index contributed by atoms with van der Waals surface area (Å²) >= 11 is 4.90. The third-order valence-electron chi connectivity index (χ3n) is 2.79. The molecule has 0 aliphatic carbocycles. The van der Waals surface area contributed by atoms with Crippen LogP contribution in [0, 0.1) is 5.82 Å². The fourth-order valence-corrected chi connectivity index (χ4v) is 2.04. The minimum Gasteiger partial charge on any atom is -0.507 e. The molecule has 21 heavy (non-hydrogen) atoms. The summed E-state index contributed by atoms with van der Waals surface area (Å²) in [5, 5.41) is 12.0. The van der Waals surface area contributed by atoms with Crippen LogP contribution in [-0.2, 0) is 9.59 Å². The molecule has 1 aromatic carbocycles. The second-order valence-corrected chi connectivity index (χ2v) is 4.61. The number of aromatic hydroxyl groups is 1. The molecule has 1 aliphatic rings. The molecule has 7 heteroatoms. The molecular weight excluding hydrogens is 295 g/mol. The number of nitrogens with zero attached hydrogens (tertiary/aromatic N) is 1. The minimum absolute atomic E-state index is 0.0227. The zero-order valence-corrected chi connectivity index (χ0v) is 11.6. The summed E-state index contributed by atoms with van der Waals surface area (Å²) in [4.78, 5) is 25.2. The quantitative estimate of drug-likeness (QED) is 0.383. The van der Waals surface area contributed by atoms with Crippen LogP contribution in [0.25, 0.3) is 6.08 Å². The second-order valence-electron chi connectivity index (χ2n) is 4.22. The van der Waals surface area contributed by atoms with E-state index in [1.165, 1.54) is 6.08 Å². The Bertz CT molecular complexity index is 685. The van der Waals surface area contributed by atoms with Gasteiger partial charge in [0.05, 0.1) is 0 Å². The fraction of sp³-hybridized carbons (Fsp3) is 0.0714. The maximum Gasteiger partial charge on any atom is 0.265 e. The average molecular weight is 306 g/mol. The Labute approximate surface area is 125 Å². The van der Waals surface area contributed by atoms with Gasteiger partial charge in [-0.3, -0.25) is 19.8 Å². The predicted octanol–water partition coefficient (Wildman–Crippen LogP) is 1.34. The molecule has 5 nitrogen and oxygen atoms in total. The maximum absolute atomic E-state index is 13.2. The third-order valence-corrected chi connectivity index (χ3v) is 3.11. The summed E-state index contributed by atoms with van der Waals surface area (Å²) in [5.41, 5.74) is -0.216. The van der Waals surface area contributed by atoms with Crippen molar-refractivity contribution in [1.29, 1.82) is 0 Å². The number of benzene rings is 1. The van der Waals surface area contributed by atoms with Crippen molar-refractivity contribution in [3.8, 4) is 5.75 Å². The monoisotopic (exact) mass is 306 g/mol. The summed E-state index contributed by atoms with van der Waals surface area (Å²) in [6.45, 7) is 3.63. The third kappa shape index (κ3) is 2.97. The van der Waals surface area contributed by atoms with Gasteiger partial charge in [-0.2, -0.15) is 0 Å². The molecule has 1 heterocycles. The summed E-state index contributed by atoms with van der Waals surface area (Å²) in [6, 6.07) is 3.23. The molecule has 1 aromatic rings. The second kappa shape index (κ2) is 5.84. The number of hydrogen-bond donors (Lipinski definition) is 2. The van der Waals surface area contributed by atoms with Gasteiger partial charge in [-0.25, -0.2) is 4.39 Å². The topological polar surface area (TPSA) is 69.6 Å². The Hall–Kier alpha value is -2.54. The van der Waals surface area contributed by atoms with E-state index in [0.29, 0.717) is 0 Å². The van der Waals surface area contributed by atoms with Crippen LogP contribution in [0.4, 0.5) is 4.39 Å². The summed E-state index contributed by atoms with van der Waals surface area (Å²) in [5.74, 6) is -2.17. The van der Waals surface area contributed by atoms with Crippen molar-refractivity contribution in [3.63, 3.8) is 0 Å². The molecule has 108 valence electrons. The van der Waals surface area contributed by atoms with Gasteiger partial charge in [0.2, 0.25) is 0 Å². The highest BCUT2D eigenvalue weighted by Gasteiger charge is 2.32. The van der Waals surface area contributed by atoms with Crippen LogP contribution in [0.1, 0.15) is 5.56 Å². The fourth-order valence-electron chi connectivity index (χ4n) is 1.79. The largest absolute Gasteiger partial charge is 0.507 e. The summed E-state index contributed by atoms with van der Waals surface area (Å²) < 4.78 is 13.2. The number of phenols is 1. The first kappa shape index (κ1) is 14.9. The molecule has 2 N–H and O–H groups in total. The van der Waals surface area contributed by atoms with Crippen molar-refractivity contribution in [2.24, 2.45) is 0 Å². The Kier molecular flexibility index (Phi) is 4.13. The first-order chi connectivity index (χ1) is 9.93. The number of rotatable bonds is 3. The Morgan fingerprint density at radius 1 is 1.43 bits per heavy atom. The summed E-state index contributed by atoms with van der Waals surface area (Å²) in [6.07, 6.45) is 2.58. The number of nitrogens with one attached hydrogen (secondary N) is 1. The van der Waals surface area contributed by atoms with Gasteiger partial charge in [0, 0.05) is 12.1 Å². The summed E-state index contributed by atoms with van der Waals surface area (Å²) in [7, 11) is 0. The van der Waals surface area contributed by atoms with E-state index >= 15 is 0 Å². The number of halogens is 1. The van der Waals surface area contributed by atoms with Gasteiger partial charge >= 0.3 is 0 Å². The number of carbonyl (C=O) groups excluding carboxylic acids is 2. The normalized spacial score (nSPS) is 17.1. The molecule has 2 amide bonds. The van der Waals surface area contributed by atoms with Gasteiger partial charge in [-0.05, 0) is 36.5 Å². The smallest absolute Gasteiger partial charge is 0.265 e. The molecule has 1 fully saturated rings. The molecule has 0 unspecified atom stereocenters. The van der Waals surface area contributed by atoms with E-state index in [1.807, 2.05) is 0 Å². The van der Waals surface area contributed by atoms with Crippen LogP contribution in [0.2, 0.25) is 0 Å². The van der Waals surface area contributed by atoms with Gasteiger partial charge in [-0.15, -0.1) is 6.58 Å². The molecule has 0 atom stereocenters. The highest BCUT2D eigenvalue weighted by atomic mass is 32.1. The average Bonchev–Trinajstić information content (AvgIpc) is 2.43. The van der Waals surface area contributed by atoms with Crippen molar-refractivity contribution >= 4 is 35.2 Å². The molecule has 0 radical (unpaired) electrons. The number of phenolic OH excluding ortho intramolecular Hbond substituents is 1. The van der Waals surface area contributed by atoms with Gasteiger partial charge in [0.15, 0.2) is 5.11 Å². The molecule has 1 saturated heterocycles. The van der Waals surface area contributed by atoms with E-state index in [2.05, 4.69) is 11.9 Å². The Morgan fingerprint density at radius 3 is 2.81 bits per heavy atom. The number of hydrogen-bond acceptors (Lipinski definition) is 4. The van der Waals surface area contributed by atoms with E-state index in [9.17, 15) is 19.1 Å². The van der Waals surface area contributed by atoms with Crippen molar-refractivity contribution < 1.29 is 19.1 Å². The molecular formula is C14H11FN2O3S. The van der Waals surface area contributed by atoms with Crippen molar-refractivity contribution in [1.82, 2.24) is 10.2 Å². The standard InChI is InChI=1S/C14H11FN2O3S/c1-2-5-17-13(20)10(12(19)16-14(17)21)7-8-6-9(15)3-4-11(8)18/h2-4,6-7,18H,1,5H2,(H,16,19,21)/b10-7+. The highest BCUT2D eigenvalue weighted by Crippen LogP contribution is 2.22. The Morgan fingerprint density at radius 2 is 2.14 bits per heavy atom. The van der Waals surface area contributed by atoms with E-state index in [-0.39, 0.29) is 28.5 Å². The first-order valence-electron chi connectivity index (χ1n) is 5.92. The van der Waals surface area contributed by atoms with E-state index < -0.39 is 17.6 Å². The van der Waals surface area contributed by atoms with E-state index in [0.717, 1.165) is 29.2 Å². The molecule has 0 saturated carbocycles. The van der Waals surface area contributed by atoms with Crippen molar-refractivity contribution in [2.45, 2.75) is 0 Å². The molecule has 1 aliphatic heterocycles. The van der Waals surface area contributed by atoms with Gasteiger partial charge < -0.3 is 5.11 Å². The van der Waals surface area contributed by atoms with Crippen molar-refractivity contribution in [2.75, 3.05) is 6.54 Å². The highest BCUT2D eigenvalue weighted by molar-refractivity contribution is 7.80. The molecule has 0 aromatic heterocycles. The maximum atomic E-state index is 13.2. The zero-order valence-electron chi connectivity index (χ0n) is 10.8. The molecule has 0 bridgehead atoms. The lowest BCUT2D eigenvalue weighted by Gasteiger charge is -2.27. The van der Waals surface area contributed by atoms with Crippen LogP contribution >= 0.6 is 12.2 Å². The van der Waals surface area contributed by atoms with Gasteiger partial charge in [0.25, 0.3) is 11.8 Å². The van der Waals surface area contributed by atoms with Gasteiger partial charge in [0.1, 0.15) is 17.1 Å². The Balaban J connectivity index is 2.45. The van der Waals surface area contributed by atoms with Crippen molar-refractivity contribution in [3.05, 3.63) is 47.8 Å². The van der Waals surface area contributed by atoms with Crippen LogP contribution in [-0.4, -0.2) is 33.5 Å². The van der Waals surface area contributed by atoms with E-state index in [4.69, 9.17) is 12.2 Å². The number of amides is 2.